The van der Waals surface area contributed by atoms with Crippen LogP contribution in [-0.2, 0) is 14.3 Å². The molecule has 2 rings (SSSR count). The number of rotatable bonds is 4. The maximum Gasteiger partial charge on any atom is 0.324 e. The summed E-state index contributed by atoms with van der Waals surface area (Å²) in [6.45, 7) is 3.76. The molecule has 0 radical (unpaired) electrons. The Hall–Kier alpha value is -1.06. The number of carboxylic acid groups (broad SMARTS) is 1. The standard InChI is InChI=1S/C13H20O4/c1-12(2,9-5-6-9)17-11(16)13(10(14)15)7-3-4-8-13/h9H,3-8H2,1-2H3,(H,14,15). The summed E-state index contributed by atoms with van der Waals surface area (Å²) in [5.74, 6) is -1.15. The summed E-state index contributed by atoms with van der Waals surface area (Å²) >= 11 is 0. The number of carboxylic acids is 1. The molecule has 0 bridgehead atoms. The molecule has 17 heavy (non-hydrogen) atoms. The predicted octanol–water partition coefficient (Wildman–Crippen LogP) is 2.36. The number of ether oxygens (including phenoxy) is 1. The third kappa shape index (κ3) is 2.17. The van der Waals surface area contributed by atoms with Crippen LogP contribution >= 0.6 is 0 Å². The molecule has 0 unspecified atom stereocenters. The van der Waals surface area contributed by atoms with Gasteiger partial charge in [-0.05, 0) is 45.4 Å². The van der Waals surface area contributed by atoms with Crippen LogP contribution in [0.2, 0.25) is 0 Å². The average Bonchev–Trinajstić information content (AvgIpc) is 2.96. The van der Waals surface area contributed by atoms with E-state index in [1.807, 2.05) is 13.8 Å². The average molecular weight is 240 g/mol. The Balaban J connectivity index is 2.09. The van der Waals surface area contributed by atoms with Crippen molar-refractivity contribution in [1.29, 1.82) is 0 Å². The zero-order valence-corrected chi connectivity index (χ0v) is 10.5. The van der Waals surface area contributed by atoms with Crippen LogP contribution in [0.15, 0.2) is 0 Å². The molecule has 1 N–H and O–H groups in total. The van der Waals surface area contributed by atoms with Crippen LogP contribution in [0.1, 0.15) is 52.4 Å². The van der Waals surface area contributed by atoms with Gasteiger partial charge in [-0.25, -0.2) is 0 Å². The summed E-state index contributed by atoms with van der Waals surface area (Å²) in [5, 5.41) is 9.28. The van der Waals surface area contributed by atoms with E-state index in [0.29, 0.717) is 18.8 Å². The van der Waals surface area contributed by atoms with E-state index in [1.165, 1.54) is 0 Å². The van der Waals surface area contributed by atoms with E-state index in [2.05, 4.69) is 0 Å². The van der Waals surface area contributed by atoms with Gasteiger partial charge in [0.05, 0.1) is 0 Å². The number of aliphatic carboxylic acids is 1. The number of hydrogen-bond acceptors (Lipinski definition) is 3. The van der Waals surface area contributed by atoms with Gasteiger partial charge in [-0.2, -0.15) is 0 Å². The summed E-state index contributed by atoms with van der Waals surface area (Å²) in [7, 11) is 0. The van der Waals surface area contributed by atoms with E-state index in [9.17, 15) is 14.7 Å². The molecular weight excluding hydrogens is 220 g/mol. The number of esters is 1. The van der Waals surface area contributed by atoms with Crippen molar-refractivity contribution in [1.82, 2.24) is 0 Å². The van der Waals surface area contributed by atoms with E-state index >= 15 is 0 Å². The second kappa shape index (κ2) is 4.00. The first-order chi connectivity index (χ1) is 7.88. The number of hydrogen-bond donors (Lipinski definition) is 1. The van der Waals surface area contributed by atoms with Gasteiger partial charge < -0.3 is 9.84 Å². The molecule has 0 atom stereocenters. The van der Waals surface area contributed by atoms with Gasteiger partial charge in [0.15, 0.2) is 5.41 Å². The molecular formula is C13H20O4. The first-order valence-corrected chi connectivity index (χ1v) is 6.35. The van der Waals surface area contributed by atoms with Crippen LogP contribution in [0.25, 0.3) is 0 Å². The van der Waals surface area contributed by atoms with Crippen LogP contribution < -0.4 is 0 Å². The summed E-state index contributed by atoms with van der Waals surface area (Å²) in [5.41, 5.74) is -1.78. The van der Waals surface area contributed by atoms with Crippen molar-refractivity contribution in [2.75, 3.05) is 0 Å². The molecule has 0 aliphatic heterocycles. The van der Waals surface area contributed by atoms with Crippen molar-refractivity contribution in [3.05, 3.63) is 0 Å². The molecule has 96 valence electrons. The minimum atomic E-state index is -1.27. The fraction of sp³-hybridized carbons (Fsp3) is 0.846. The Labute approximate surface area is 101 Å². The van der Waals surface area contributed by atoms with Gasteiger partial charge in [0, 0.05) is 0 Å². The minimum absolute atomic E-state index is 0.402. The van der Waals surface area contributed by atoms with Gasteiger partial charge >= 0.3 is 11.9 Å². The number of carbonyl (C=O) groups is 2. The van der Waals surface area contributed by atoms with Gasteiger partial charge in [0.25, 0.3) is 0 Å². The van der Waals surface area contributed by atoms with E-state index in [1.54, 1.807) is 0 Å². The zero-order valence-electron chi connectivity index (χ0n) is 10.5. The molecule has 0 aromatic rings. The zero-order chi connectivity index (χ0) is 12.7. The fourth-order valence-corrected chi connectivity index (χ4v) is 2.68. The van der Waals surface area contributed by atoms with Gasteiger partial charge in [0.1, 0.15) is 5.60 Å². The highest BCUT2D eigenvalue weighted by atomic mass is 16.6. The molecule has 4 nitrogen and oxygen atoms in total. The molecule has 2 fully saturated rings. The Kier molecular flexibility index (Phi) is 2.92. The second-order valence-corrected chi connectivity index (χ2v) is 5.86. The summed E-state index contributed by atoms with van der Waals surface area (Å²) in [6, 6.07) is 0. The first kappa shape index (κ1) is 12.4. The summed E-state index contributed by atoms with van der Waals surface area (Å²) < 4.78 is 5.49. The summed E-state index contributed by atoms with van der Waals surface area (Å²) in [4.78, 5) is 23.5. The largest absolute Gasteiger partial charge is 0.480 e. The molecule has 4 heteroatoms. The van der Waals surface area contributed by atoms with E-state index in [4.69, 9.17) is 4.74 Å². The third-order valence-electron chi connectivity index (χ3n) is 4.17. The van der Waals surface area contributed by atoms with Crippen molar-refractivity contribution < 1.29 is 19.4 Å². The van der Waals surface area contributed by atoms with Crippen LogP contribution in [0.3, 0.4) is 0 Å². The van der Waals surface area contributed by atoms with E-state index in [-0.39, 0.29) is 0 Å². The Bertz CT molecular complexity index is 335. The summed E-state index contributed by atoms with van der Waals surface area (Å²) in [6.07, 6.45) is 4.57. The molecule has 2 aliphatic rings. The molecule has 2 saturated carbocycles. The quantitative estimate of drug-likeness (QED) is 0.605. The van der Waals surface area contributed by atoms with Gasteiger partial charge in [-0.3, -0.25) is 9.59 Å². The second-order valence-electron chi connectivity index (χ2n) is 5.86. The van der Waals surface area contributed by atoms with Crippen molar-refractivity contribution in [2.24, 2.45) is 11.3 Å². The molecule has 0 spiro atoms. The molecule has 0 saturated heterocycles. The molecule has 0 amide bonds. The van der Waals surface area contributed by atoms with Crippen molar-refractivity contribution in [3.63, 3.8) is 0 Å². The monoisotopic (exact) mass is 240 g/mol. The lowest BCUT2D eigenvalue weighted by Crippen LogP contribution is -2.43. The van der Waals surface area contributed by atoms with Crippen LogP contribution in [0.4, 0.5) is 0 Å². The minimum Gasteiger partial charge on any atom is -0.480 e. The molecule has 0 aromatic heterocycles. The van der Waals surface area contributed by atoms with Crippen LogP contribution in [-0.4, -0.2) is 22.6 Å². The fourth-order valence-electron chi connectivity index (χ4n) is 2.68. The smallest absolute Gasteiger partial charge is 0.324 e. The van der Waals surface area contributed by atoms with Crippen molar-refractivity contribution in [3.8, 4) is 0 Å². The molecule has 0 heterocycles. The van der Waals surface area contributed by atoms with Crippen LogP contribution in [0, 0.1) is 11.3 Å². The van der Waals surface area contributed by atoms with E-state index < -0.39 is 23.0 Å². The van der Waals surface area contributed by atoms with Gasteiger partial charge in [0.2, 0.25) is 0 Å². The lowest BCUT2D eigenvalue weighted by atomic mass is 9.86. The highest BCUT2D eigenvalue weighted by molar-refractivity contribution is 5.99. The Morgan fingerprint density at radius 2 is 1.76 bits per heavy atom. The lowest BCUT2D eigenvalue weighted by Gasteiger charge is -2.30. The topological polar surface area (TPSA) is 63.6 Å². The Morgan fingerprint density at radius 3 is 2.18 bits per heavy atom. The third-order valence-corrected chi connectivity index (χ3v) is 4.17. The highest BCUT2D eigenvalue weighted by Gasteiger charge is 2.52. The Morgan fingerprint density at radius 1 is 1.24 bits per heavy atom. The molecule has 0 aromatic carbocycles. The molecule has 2 aliphatic carbocycles. The predicted molar refractivity (Wildman–Crippen MR) is 61.4 cm³/mol. The maximum absolute atomic E-state index is 12.2. The first-order valence-electron chi connectivity index (χ1n) is 6.35. The van der Waals surface area contributed by atoms with Crippen LogP contribution in [0.5, 0.6) is 0 Å². The SMILES string of the molecule is CC(C)(OC(=O)C1(C(=O)O)CCCC1)C1CC1. The van der Waals surface area contributed by atoms with E-state index in [0.717, 1.165) is 25.7 Å². The lowest BCUT2D eigenvalue weighted by molar-refractivity contribution is -0.179. The van der Waals surface area contributed by atoms with Crippen molar-refractivity contribution >= 4 is 11.9 Å². The van der Waals surface area contributed by atoms with Gasteiger partial charge in [-0.15, -0.1) is 0 Å². The van der Waals surface area contributed by atoms with Gasteiger partial charge in [-0.1, -0.05) is 12.8 Å². The van der Waals surface area contributed by atoms with Crippen molar-refractivity contribution in [2.45, 2.75) is 58.0 Å². The number of carbonyl (C=O) groups excluding carboxylic acids is 1. The normalized spacial score (nSPS) is 23.4. The highest BCUT2D eigenvalue weighted by Crippen LogP contribution is 2.45. The maximum atomic E-state index is 12.2.